The Bertz CT molecular complexity index is 1290. The van der Waals surface area contributed by atoms with E-state index in [1.165, 1.54) is 0 Å². The van der Waals surface area contributed by atoms with Crippen LogP contribution in [0.15, 0.2) is 71.5 Å². The van der Waals surface area contributed by atoms with Crippen LogP contribution in [0.5, 0.6) is 5.75 Å². The molecule has 0 spiro atoms. The molecule has 1 atom stereocenters. The first-order valence-electron chi connectivity index (χ1n) is 9.14. The summed E-state index contributed by atoms with van der Waals surface area (Å²) >= 11 is 6.46. The standard InChI is InChI=1S/C23H18ClNO4.H2S/c1-14(15-7-3-2-4-8-15)29-23-18(24)12-11-17-21(23)25(13-20(26)27)19-10-6-5-9-16(19)22(17)28;/h2-12,14H,13H2,1H3,(H,26,27);1H2/t14-;/m0./s1. The number of carbonyl (C=O) groups is 1. The van der Waals surface area contributed by atoms with Gasteiger partial charge in [0.05, 0.1) is 21.4 Å². The number of carboxylic acid groups (broad SMARTS) is 1. The van der Waals surface area contributed by atoms with E-state index in [9.17, 15) is 14.7 Å². The maximum atomic E-state index is 13.1. The summed E-state index contributed by atoms with van der Waals surface area (Å²) in [7, 11) is 0. The van der Waals surface area contributed by atoms with Gasteiger partial charge in [-0.05, 0) is 36.8 Å². The molecule has 0 amide bonds. The molecule has 0 saturated carbocycles. The number of aromatic nitrogens is 1. The van der Waals surface area contributed by atoms with Gasteiger partial charge in [0.2, 0.25) is 0 Å². The number of nitrogens with zero attached hydrogens (tertiary/aromatic N) is 1. The summed E-state index contributed by atoms with van der Waals surface area (Å²) < 4.78 is 7.76. The highest BCUT2D eigenvalue weighted by atomic mass is 35.5. The molecule has 1 N–H and O–H groups in total. The van der Waals surface area contributed by atoms with Crippen LogP contribution in [0.2, 0.25) is 5.02 Å². The maximum Gasteiger partial charge on any atom is 0.323 e. The molecule has 1 heterocycles. The zero-order valence-corrected chi connectivity index (χ0v) is 17.9. The summed E-state index contributed by atoms with van der Waals surface area (Å²) in [5.74, 6) is -0.730. The minimum atomic E-state index is -1.03. The second-order valence-corrected chi connectivity index (χ2v) is 7.18. The van der Waals surface area contributed by atoms with Crippen LogP contribution < -0.4 is 10.2 Å². The molecule has 4 aromatic rings. The van der Waals surface area contributed by atoms with Gasteiger partial charge in [-0.15, -0.1) is 0 Å². The summed E-state index contributed by atoms with van der Waals surface area (Å²) in [6.07, 6.45) is -0.348. The molecule has 0 fully saturated rings. The summed E-state index contributed by atoms with van der Waals surface area (Å²) in [4.78, 5) is 24.7. The number of rotatable bonds is 5. The van der Waals surface area contributed by atoms with Crippen LogP contribution in [-0.4, -0.2) is 15.6 Å². The Balaban J connectivity index is 0.00000256. The number of para-hydroxylation sites is 1. The van der Waals surface area contributed by atoms with Gasteiger partial charge in [0, 0.05) is 5.39 Å². The van der Waals surface area contributed by atoms with Gasteiger partial charge in [0.25, 0.3) is 0 Å². The lowest BCUT2D eigenvalue weighted by atomic mass is 10.1. The molecule has 0 radical (unpaired) electrons. The molecule has 0 aliphatic heterocycles. The van der Waals surface area contributed by atoms with Crippen molar-refractivity contribution in [3.63, 3.8) is 0 Å². The number of pyridine rings is 1. The molecule has 1 aromatic heterocycles. The number of fused-ring (bicyclic) bond motifs is 2. The van der Waals surface area contributed by atoms with Crippen LogP contribution in [0.1, 0.15) is 18.6 Å². The third-order valence-electron chi connectivity index (χ3n) is 4.89. The Kier molecular flexibility index (Phi) is 6.39. The second-order valence-electron chi connectivity index (χ2n) is 6.77. The van der Waals surface area contributed by atoms with Gasteiger partial charge in [-0.25, -0.2) is 0 Å². The molecule has 0 aliphatic carbocycles. The highest BCUT2D eigenvalue weighted by Gasteiger charge is 2.20. The minimum absolute atomic E-state index is 0. The summed E-state index contributed by atoms with van der Waals surface area (Å²) in [6, 6.07) is 19.8. The van der Waals surface area contributed by atoms with Crippen LogP contribution in [0, 0.1) is 0 Å². The summed E-state index contributed by atoms with van der Waals surface area (Å²) in [5.41, 5.74) is 1.65. The van der Waals surface area contributed by atoms with Gasteiger partial charge in [0.1, 0.15) is 12.6 Å². The van der Waals surface area contributed by atoms with Crippen molar-refractivity contribution in [3.05, 3.63) is 87.5 Å². The molecule has 3 aromatic carbocycles. The number of ether oxygens (including phenoxy) is 1. The SMILES string of the molecule is C[C@H](Oc1c(Cl)ccc2c(=O)c3ccccc3n(CC(=O)O)c12)c1ccccc1.S. The average Bonchev–Trinajstić information content (AvgIpc) is 2.73. The minimum Gasteiger partial charge on any atom is -0.482 e. The Morgan fingerprint density at radius 3 is 2.40 bits per heavy atom. The molecule has 0 bridgehead atoms. The second kappa shape index (κ2) is 8.81. The predicted octanol–water partition coefficient (Wildman–Crippen LogP) is 5.15. The van der Waals surface area contributed by atoms with Gasteiger partial charge in [0.15, 0.2) is 11.2 Å². The molecule has 5 nitrogen and oxygen atoms in total. The lowest BCUT2D eigenvalue weighted by Crippen LogP contribution is -2.17. The third kappa shape index (κ3) is 3.88. The van der Waals surface area contributed by atoms with E-state index < -0.39 is 5.97 Å². The van der Waals surface area contributed by atoms with Gasteiger partial charge in [-0.1, -0.05) is 54.1 Å². The van der Waals surface area contributed by atoms with E-state index in [0.717, 1.165) is 5.56 Å². The number of aliphatic carboxylic acids is 1. The largest absolute Gasteiger partial charge is 0.482 e. The molecule has 0 unspecified atom stereocenters. The summed E-state index contributed by atoms with van der Waals surface area (Å²) in [5, 5.41) is 10.6. The van der Waals surface area contributed by atoms with Gasteiger partial charge < -0.3 is 14.4 Å². The van der Waals surface area contributed by atoms with Crippen molar-refractivity contribution < 1.29 is 14.6 Å². The molecular weight excluding hydrogens is 422 g/mol. The average molecular weight is 442 g/mol. The van der Waals surface area contributed by atoms with E-state index >= 15 is 0 Å². The summed E-state index contributed by atoms with van der Waals surface area (Å²) in [6.45, 7) is 1.55. The quantitative estimate of drug-likeness (QED) is 0.435. The molecule has 30 heavy (non-hydrogen) atoms. The van der Waals surface area contributed by atoms with Crippen molar-refractivity contribution in [3.8, 4) is 5.75 Å². The van der Waals surface area contributed by atoms with E-state index in [-0.39, 0.29) is 31.6 Å². The van der Waals surface area contributed by atoms with Gasteiger partial charge >= 0.3 is 5.97 Å². The lowest BCUT2D eigenvalue weighted by Gasteiger charge is -2.21. The number of carboxylic acids is 1. The fourth-order valence-corrected chi connectivity index (χ4v) is 3.74. The fourth-order valence-electron chi connectivity index (χ4n) is 3.54. The van der Waals surface area contributed by atoms with Crippen LogP contribution >= 0.6 is 25.1 Å². The van der Waals surface area contributed by atoms with E-state index in [2.05, 4.69) is 0 Å². The van der Waals surface area contributed by atoms with Crippen molar-refractivity contribution >= 4 is 52.9 Å². The molecule has 0 aliphatic rings. The molecule has 154 valence electrons. The number of hydrogen-bond donors (Lipinski definition) is 1. The van der Waals surface area contributed by atoms with Gasteiger partial charge in [-0.2, -0.15) is 13.5 Å². The molecule has 7 heteroatoms. The first-order chi connectivity index (χ1) is 14.0. The lowest BCUT2D eigenvalue weighted by molar-refractivity contribution is -0.137. The highest BCUT2D eigenvalue weighted by Crippen LogP contribution is 2.37. The zero-order chi connectivity index (χ0) is 20.5. The fraction of sp³-hybridized carbons (Fsp3) is 0.130. The van der Waals surface area contributed by atoms with Crippen molar-refractivity contribution in [2.45, 2.75) is 19.6 Å². The first-order valence-corrected chi connectivity index (χ1v) is 9.52. The van der Waals surface area contributed by atoms with Crippen LogP contribution in [0.25, 0.3) is 21.8 Å². The monoisotopic (exact) mass is 441 g/mol. The van der Waals surface area contributed by atoms with Crippen LogP contribution in [0.3, 0.4) is 0 Å². The molecular formula is C23H20ClNO4S. The van der Waals surface area contributed by atoms with Crippen molar-refractivity contribution in [2.75, 3.05) is 0 Å². The topological polar surface area (TPSA) is 68.5 Å². The Hall–Kier alpha value is -2.96. The normalized spacial score (nSPS) is 11.8. The number of halogens is 1. The number of benzene rings is 3. The van der Waals surface area contributed by atoms with Crippen LogP contribution in [-0.2, 0) is 11.3 Å². The van der Waals surface area contributed by atoms with E-state index in [1.807, 2.05) is 37.3 Å². The highest BCUT2D eigenvalue weighted by molar-refractivity contribution is 7.59. The third-order valence-corrected chi connectivity index (χ3v) is 5.19. The Morgan fingerprint density at radius 1 is 1.03 bits per heavy atom. The van der Waals surface area contributed by atoms with Gasteiger partial charge in [-0.3, -0.25) is 9.59 Å². The Labute approximate surface area is 184 Å². The molecule has 4 rings (SSSR count). The van der Waals surface area contributed by atoms with E-state index in [4.69, 9.17) is 16.3 Å². The van der Waals surface area contributed by atoms with Crippen molar-refractivity contribution in [2.24, 2.45) is 0 Å². The zero-order valence-electron chi connectivity index (χ0n) is 16.1. The smallest absolute Gasteiger partial charge is 0.323 e. The first kappa shape index (κ1) is 21.7. The van der Waals surface area contributed by atoms with Crippen molar-refractivity contribution in [1.29, 1.82) is 0 Å². The van der Waals surface area contributed by atoms with E-state index in [1.54, 1.807) is 41.0 Å². The molecule has 0 saturated heterocycles. The van der Waals surface area contributed by atoms with Crippen LogP contribution in [0.4, 0.5) is 0 Å². The Morgan fingerprint density at radius 2 is 1.70 bits per heavy atom. The van der Waals surface area contributed by atoms with Crippen molar-refractivity contribution in [1.82, 2.24) is 4.57 Å². The maximum absolute atomic E-state index is 13.1. The number of hydrogen-bond acceptors (Lipinski definition) is 3. The predicted molar refractivity (Wildman–Crippen MR) is 124 cm³/mol. The van der Waals surface area contributed by atoms with E-state index in [0.29, 0.717) is 32.6 Å².